The van der Waals surface area contributed by atoms with Gasteiger partial charge in [-0.2, -0.15) is 5.10 Å². The Balaban J connectivity index is 1.62. The minimum absolute atomic E-state index is 0.129. The highest BCUT2D eigenvalue weighted by Gasteiger charge is 2.24. The first-order valence-corrected chi connectivity index (χ1v) is 9.28. The number of aromatic nitrogens is 2. The van der Waals surface area contributed by atoms with Crippen molar-refractivity contribution in [3.63, 3.8) is 0 Å². The predicted molar refractivity (Wildman–Crippen MR) is 98.4 cm³/mol. The number of nitrogens with one attached hydrogen (secondary N) is 1. The molecule has 3 rings (SSSR count). The Kier molecular flexibility index (Phi) is 5.58. The minimum atomic E-state index is 0.129. The van der Waals surface area contributed by atoms with E-state index in [1.807, 2.05) is 51.8 Å². The van der Waals surface area contributed by atoms with E-state index in [0.717, 1.165) is 25.2 Å². The highest BCUT2D eigenvalue weighted by molar-refractivity contribution is 8.00. The number of hydrogen-bond acceptors (Lipinski definition) is 4. The van der Waals surface area contributed by atoms with Crippen LogP contribution in [0.5, 0.6) is 0 Å². The van der Waals surface area contributed by atoms with E-state index in [-0.39, 0.29) is 11.9 Å². The second kappa shape index (κ2) is 7.85. The molecule has 0 spiro atoms. The quantitative estimate of drug-likeness (QED) is 0.906. The van der Waals surface area contributed by atoms with Gasteiger partial charge in [-0.05, 0) is 31.5 Å². The summed E-state index contributed by atoms with van der Waals surface area (Å²) < 4.78 is 1.88. The molecule has 0 bridgehead atoms. The fourth-order valence-electron chi connectivity index (χ4n) is 2.86. The zero-order valence-corrected chi connectivity index (χ0v) is 15.0. The molecule has 1 amide bonds. The highest BCUT2D eigenvalue weighted by atomic mass is 32.2. The molecule has 2 aromatic rings. The molecule has 2 atom stereocenters. The SMILES string of the molecule is C[C@@H](Cn1cccn1)NCC(=O)N1CC[C@H](C)Sc2ccccc21. The fraction of sp³-hybridized carbons (Fsp3) is 0.444. The van der Waals surface area contributed by atoms with Gasteiger partial charge in [-0.25, -0.2) is 0 Å². The maximum Gasteiger partial charge on any atom is 0.240 e. The lowest BCUT2D eigenvalue weighted by molar-refractivity contribution is -0.118. The number of carbonyl (C=O) groups excluding carboxylic acids is 1. The molecule has 6 heteroatoms. The Hall–Kier alpha value is -1.79. The summed E-state index contributed by atoms with van der Waals surface area (Å²) in [5.41, 5.74) is 1.04. The van der Waals surface area contributed by atoms with Gasteiger partial charge in [0.2, 0.25) is 5.91 Å². The topological polar surface area (TPSA) is 50.2 Å². The van der Waals surface area contributed by atoms with Crippen molar-refractivity contribution in [3.05, 3.63) is 42.7 Å². The van der Waals surface area contributed by atoms with E-state index in [1.165, 1.54) is 4.90 Å². The molecule has 1 aliphatic heterocycles. The maximum absolute atomic E-state index is 12.8. The largest absolute Gasteiger partial charge is 0.310 e. The van der Waals surface area contributed by atoms with Crippen molar-refractivity contribution >= 4 is 23.4 Å². The number of anilines is 1. The Labute approximate surface area is 147 Å². The van der Waals surface area contributed by atoms with Crippen LogP contribution >= 0.6 is 11.8 Å². The summed E-state index contributed by atoms with van der Waals surface area (Å²) in [4.78, 5) is 15.9. The highest BCUT2D eigenvalue weighted by Crippen LogP contribution is 2.37. The lowest BCUT2D eigenvalue weighted by atomic mass is 10.2. The standard InChI is InChI=1S/C18H24N4OS/c1-14(13-21-10-5-9-20-21)19-12-18(23)22-11-8-15(2)24-17-7-4-3-6-16(17)22/h3-7,9-10,14-15,19H,8,11-13H2,1-2H3/t14-,15-/m0/s1. The number of amides is 1. The van der Waals surface area contributed by atoms with Crippen LogP contribution in [0.2, 0.25) is 0 Å². The molecule has 0 saturated heterocycles. The van der Waals surface area contributed by atoms with E-state index in [4.69, 9.17) is 0 Å². The maximum atomic E-state index is 12.8. The number of nitrogens with zero attached hydrogens (tertiary/aromatic N) is 3. The van der Waals surface area contributed by atoms with E-state index in [1.54, 1.807) is 6.20 Å². The predicted octanol–water partition coefficient (Wildman–Crippen LogP) is 2.78. The molecule has 0 unspecified atom stereocenters. The smallest absolute Gasteiger partial charge is 0.240 e. The minimum Gasteiger partial charge on any atom is -0.310 e. The first kappa shape index (κ1) is 17.0. The molecule has 1 aromatic carbocycles. The number of para-hydroxylation sites is 1. The molecule has 1 aliphatic rings. The average Bonchev–Trinajstić information content (AvgIpc) is 3.01. The summed E-state index contributed by atoms with van der Waals surface area (Å²) in [6, 6.07) is 10.3. The van der Waals surface area contributed by atoms with Gasteiger partial charge in [-0.3, -0.25) is 9.48 Å². The normalized spacial score (nSPS) is 18.8. The summed E-state index contributed by atoms with van der Waals surface area (Å²) in [6.45, 7) is 6.17. The third-order valence-electron chi connectivity index (χ3n) is 4.17. The Morgan fingerprint density at radius 2 is 2.25 bits per heavy atom. The molecule has 1 aromatic heterocycles. The molecule has 128 valence electrons. The van der Waals surface area contributed by atoms with Crippen molar-refractivity contribution in [2.75, 3.05) is 18.0 Å². The average molecular weight is 344 g/mol. The second-order valence-electron chi connectivity index (χ2n) is 6.24. The zero-order valence-electron chi connectivity index (χ0n) is 14.2. The number of hydrogen-bond donors (Lipinski definition) is 1. The van der Waals surface area contributed by atoms with Crippen LogP contribution < -0.4 is 10.2 Å². The van der Waals surface area contributed by atoms with E-state index >= 15 is 0 Å². The van der Waals surface area contributed by atoms with Crippen molar-refractivity contribution < 1.29 is 4.79 Å². The van der Waals surface area contributed by atoms with Gasteiger partial charge >= 0.3 is 0 Å². The van der Waals surface area contributed by atoms with Crippen LogP contribution in [-0.2, 0) is 11.3 Å². The van der Waals surface area contributed by atoms with E-state index in [9.17, 15) is 4.79 Å². The van der Waals surface area contributed by atoms with Crippen LogP contribution in [0.4, 0.5) is 5.69 Å². The van der Waals surface area contributed by atoms with Gasteiger partial charge in [0.1, 0.15) is 0 Å². The Morgan fingerprint density at radius 1 is 1.42 bits per heavy atom. The van der Waals surface area contributed by atoms with Gasteiger partial charge in [-0.15, -0.1) is 11.8 Å². The molecule has 1 N–H and O–H groups in total. The molecule has 0 saturated carbocycles. The summed E-state index contributed by atoms with van der Waals surface area (Å²) >= 11 is 1.86. The molecule has 0 fully saturated rings. The molecule has 24 heavy (non-hydrogen) atoms. The van der Waals surface area contributed by atoms with Crippen LogP contribution in [-0.4, -0.2) is 40.1 Å². The molecule has 0 radical (unpaired) electrons. The molecule has 2 heterocycles. The van der Waals surface area contributed by atoms with Gasteiger partial charge in [0, 0.05) is 35.1 Å². The molecule has 5 nitrogen and oxygen atoms in total. The monoisotopic (exact) mass is 344 g/mol. The number of rotatable bonds is 5. The second-order valence-corrected chi connectivity index (χ2v) is 7.72. The third-order valence-corrected chi connectivity index (χ3v) is 5.40. The van der Waals surface area contributed by atoms with Gasteiger partial charge in [0.15, 0.2) is 0 Å². The third kappa shape index (κ3) is 4.19. The van der Waals surface area contributed by atoms with Crippen molar-refractivity contribution in [1.82, 2.24) is 15.1 Å². The molecular formula is C18H24N4OS. The van der Waals surface area contributed by atoms with Crippen LogP contribution in [0.1, 0.15) is 20.3 Å². The van der Waals surface area contributed by atoms with Gasteiger partial charge in [0.05, 0.1) is 18.8 Å². The first-order chi connectivity index (χ1) is 11.6. The van der Waals surface area contributed by atoms with E-state index in [2.05, 4.69) is 30.3 Å². The van der Waals surface area contributed by atoms with Crippen molar-refractivity contribution in [3.8, 4) is 0 Å². The van der Waals surface area contributed by atoms with Gasteiger partial charge in [0.25, 0.3) is 0 Å². The zero-order chi connectivity index (χ0) is 16.9. The Bertz CT molecular complexity index is 673. The van der Waals surface area contributed by atoms with Gasteiger partial charge < -0.3 is 10.2 Å². The van der Waals surface area contributed by atoms with Crippen LogP contribution in [0, 0.1) is 0 Å². The van der Waals surface area contributed by atoms with Crippen molar-refractivity contribution in [1.29, 1.82) is 0 Å². The van der Waals surface area contributed by atoms with Crippen LogP contribution in [0.3, 0.4) is 0 Å². The number of fused-ring (bicyclic) bond motifs is 1. The summed E-state index contributed by atoms with van der Waals surface area (Å²) in [7, 11) is 0. The van der Waals surface area contributed by atoms with E-state index in [0.29, 0.717) is 11.8 Å². The lowest BCUT2D eigenvalue weighted by Gasteiger charge is -2.24. The number of benzene rings is 1. The summed E-state index contributed by atoms with van der Waals surface area (Å²) in [5, 5.41) is 8.05. The van der Waals surface area contributed by atoms with Crippen LogP contribution in [0.25, 0.3) is 0 Å². The summed E-state index contributed by atoms with van der Waals surface area (Å²) in [5.74, 6) is 0.129. The number of thioether (sulfide) groups is 1. The van der Waals surface area contributed by atoms with Crippen LogP contribution in [0.15, 0.2) is 47.6 Å². The Morgan fingerprint density at radius 3 is 3.04 bits per heavy atom. The number of carbonyl (C=O) groups is 1. The summed E-state index contributed by atoms with van der Waals surface area (Å²) in [6.07, 6.45) is 4.71. The fourth-order valence-corrected chi connectivity index (χ4v) is 3.97. The molecule has 0 aliphatic carbocycles. The first-order valence-electron chi connectivity index (χ1n) is 8.40. The van der Waals surface area contributed by atoms with Gasteiger partial charge in [-0.1, -0.05) is 19.1 Å². The van der Waals surface area contributed by atoms with E-state index < -0.39 is 0 Å². The van der Waals surface area contributed by atoms with Crippen molar-refractivity contribution in [2.45, 2.75) is 43.0 Å². The van der Waals surface area contributed by atoms with Crippen molar-refractivity contribution in [2.24, 2.45) is 0 Å². The lowest BCUT2D eigenvalue weighted by Crippen LogP contribution is -2.42. The molecular weight excluding hydrogens is 320 g/mol.